The molecule has 3 aromatic rings. The summed E-state index contributed by atoms with van der Waals surface area (Å²) in [6.45, 7) is 0.370. The molecule has 4 rings (SSSR count). The van der Waals surface area contributed by atoms with Crippen LogP contribution in [0.4, 0.5) is 11.4 Å². The number of aliphatic carboxylic acids is 1. The van der Waals surface area contributed by atoms with Crippen LogP contribution in [-0.4, -0.2) is 42.6 Å². The Morgan fingerprint density at radius 2 is 1.85 bits per heavy atom. The Balaban J connectivity index is 1.78. The molecular weight excluding hydrogens is 498 g/mol. The SMILES string of the molecule is CN(C)Cc1ccc(NC(=C2C(=O)Nc3cc(Br)ccc32)c2cccc(OCC(=O)O)c2)cc1. The summed E-state index contributed by atoms with van der Waals surface area (Å²) < 4.78 is 6.24. The lowest BCUT2D eigenvalue weighted by Gasteiger charge is -2.16. The van der Waals surface area contributed by atoms with Crippen molar-refractivity contribution in [3.05, 3.63) is 87.9 Å². The van der Waals surface area contributed by atoms with E-state index >= 15 is 0 Å². The highest BCUT2D eigenvalue weighted by atomic mass is 79.9. The minimum absolute atomic E-state index is 0.225. The van der Waals surface area contributed by atoms with Gasteiger partial charge in [-0.25, -0.2) is 4.79 Å². The van der Waals surface area contributed by atoms with Crippen molar-refractivity contribution in [2.75, 3.05) is 31.3 Å². The van der Waals surface area contributed by atoms with Gasteiger partial charge in [0.25, 0.3) is 5.91 Å². The van der Waals surface area contributed by atoms with Gasteiger partial charge in [0.15, 0.2) is 6.61 Å². The van der Waals surface area contributed by atoms with E-state index in [4.69, 9.17) is 9.84 Å². The Morgan fingerprint density at radius 3 is 2.56 bits per heavy atom. The highest BCUT2D eigenvalue weighted by Gasteiger charge is 2.28. The third-order valence-electron chi connectivity index (χ3n) is 5.18. The topological polar surface area (TPSA) is 90.9 Å². The zero-order valence-corrected chi connectivity index (χ0v) is 20.3. The number of hydrogen-bond donors (Lipinski definition) is 3. The van der Waals surface area contributed by atoms with E-state index in [0.717, 1.165) is 22.3 Å². The number of carboxylic acid groups (broad SMARTS) is 1. The summed E-state index contributed by atoms with van der Waals surface area (Å²) in [7, 11) is 4.03. The number of hydrogen-bond acceptors (Lipinski definition) is 5. The summed E-state index contributed by atoms with van der Waals surface area (Å²) in [5, 5.41) is 15.3. The zero-order chi connectivity index (χ0) is 24.2. The monoisotopic (exact) mass is 521 g/mol. The van der Waals surface area contributed by atoms with Gasteiger partial charge < -0.3 is 25.4 Å². The quantitative estimate of drug-likeness (QED) is 0.365. The first-order valence-corrected chi connectivity index (χ1v) is 11.4. The van der Waals surface area contributed by atoms with Gasteiger partial charge in [-0.2, -0.15) is 0 Å². The minimum atomic E-state index is -1.06. The molecule has 0 saturated heterocycles. The fraction of sp³-hybridized carbons (Fsp3) is 0.154. The number of nitrogens with one attached hydrogen (secondary N) is 2. The van der Waals surface area contributed by atoms with E-state index in [0.29, 0.717) is 28.3 Å². The second kappa shape index (κ2) is 10.1. The molecule has 3 aromatic carbocycles. The molecule has 0 aliphatic carbocycles. The van der Waals surface area contributed by atoms with Crippen molar-refractivity contribution in [3.63, 3.8) is 0 Å². The number of carbonyl (C=O) groups excluding carboxylic acids is 1. The number of anilines is 2. The normalized spacial score (nSPS) is 13.9. The van der Waals surface area contributed by atoms with Gasteiger partial charge in [-0.1, -0.05) is 46.3 Å². The molecule has 0 spiro atoms. The van der Waals surface area contributed by atoms with E-state index in [2.05, 4.69) is 31.5 Å². The molecule has 0 saturated carbocycles. The Labute approximate surface area is 206 Å². The molecule has 0 atom stereocenters. The molecule has 1 heterocycles. The molecule has 8 heteroatoms. The first kappa shape index (κ1) is 23.5. The maximum Gasteiger partial charge on any atom is 0.341 e. The number of halogens is 1. The molecule has 0 unspecified atom stereocenters. The maximum absolute atomic E-state index is 13.1. The number of nitrogens with zero attached hydrogens (tertiary/aromatic N) is 1. The lowest BCUT2D eigenvalue weighted by molar-refractivity contribution is -0.139. The molecule has 0 aromatic heterocycles. The van der Waals surface area contributed by atoms with Crippen LogP contribution >= 0.6 is 15.9 Å². The first-order valence-electron chi connectivity index (χ1n) is 10.6. The largest absolute Gasteiger partial charge is 0.482 e. The van der Waals surface area contributed by atoms with Crippen LogP contribution in [0.25, 0.3) is 11.3 Å². The standard InChI is InChI=1S/C26H24BrN3O4/c1-30(2)14-16-6-9-19(10-7-16)28-25(17-4-3-5-20(12-17)34-15-23(31)32)24-21-11-8-18(27)13-22(21)29-26(24)33/h3-13,28H,14-15H2,1-2H3,(H,29,33)(H,31,32). The van der Waals surface area contributed by atoms with E-state index in [1.807, 2.05) is 62.6 Å². The van der Waals surface area contributed by atoms with Crippen molar-refractivity contribution >= 4 is 50.5 Å². The number of amides is 1. The molecule has 0 bridgehead atoms. The summed E-state index contributed by atoms with van der Waals surface area (Å²) in [6.07, 6.45) is 0. The van der Waals surface area contributed by atoms with Crippen molar-refractivity contribution < 1.29 is 19.4 Å². The third kappa shape index (κ3) is 5.47. The van der Waals surface area contributed by atoms with Crippen molar-refractivity contribution in [2.45, 2.75) is 6.54 Å². The van der Waals surface area contributed by atoms with Crippen LogP contribution in [0, 0.1) is 0 Å². The number of rotatable bonds is 8. The number of ether oxygens (including phenoxy) is 1. The number of benzene rings is 3. The molecule has 34 heavy (non-hydrogen) atoms. The first-order chi connectivity index (χ1) is 16.3. The fourth-order valence-corrected chi connectivity index (χ4v) is 4.12. The smallest absolute Gasteiger partial charge is 0.341 e. The second-order valence-electron chi connectivity index (χ2n) is 8.16. The van der Waals surface area contributed by atoms with Crippen LogP contribution in [-0.2, 0) is 16.1 Å². The predicted molar refractivity (Wildman–Crippen MR) is 137 cm³/mol. The van der Waals surface area contributed by atoms with Gasteiger partial charge in [0.1, 0.15) is 5.75 Å². The van der Waals surface area contributed by atoms with Gasteiger partial charge in [-0.15, -0.1) is 0 Å². The van der Waals surface area contributed by atoms with Crippen LogP contribution in [0.1, 0.15) is 16.7 Å². The maximum atomic E-state index is 13.1. The van der Waals surface area contributed by atoms with Gasteiger partial charge in [-0.3, -0.25) is 4.79 Å². The Kier molecular flexibility index (Phi) is 7.00. The van der Waals surface area contributed by atoms with E-state index in [1.165, 1.54) is 5.56 Å². The third-order valence-corrected chi connectivity index (χ3v) is 5.68. The van der Waals surface area contributed by atoms with E-state index in [9.17, 15) is 9.59 Å². The molecule has 174 valence electrons. The summed E-state index contributed by atoms with van der Waals surface area (Å²) in [4.78, 5) is 26.1. The van der Waals surface area contributed by atoms with Crippen LogP contribution in [0.15, 0.2) is 71.2 Å². The lowest BCUT2D eigenvalue weighted by Crippen LogP contribution is -2.12. The number of carboxylic acids is 1. The Bertz CT molecular complexity index is 1270. The fourth-order valence-electron chi connectivity index (χ4n) is 3.76. The zero-order valence-electron chi connectivity index (χ0n) is 18.8. The van der Waals surface area contributed by atoms with Crippen molar-refractivity contribution in [3.8, 4) is 5.75 Å². The highest BCUT2D eigenvalue weighted by Crippen LogP contribution is 2.39. The molecule has 0 radical (unpaired) electrons. The molecule has 1 aliphatic heterocycles. The summed E-state index contributed by atoms with van der Waals surface area (Å²) in [5.41, 5.74) is 5.27. The van der Waals surface area contributed by atoms with Crippen molar-refractivity contribution in [1.82, 2.24) is 4.90 Å². The van der Waals surface area contributed by atoms with Crippen molar-refractivity contribution in [2.24, 2.45) is 0 Å². The van der Waals surface area contributed by atoms with Crippen LogP contribution < -0.4 is 15.4 Å². The van der Waals surface area contributed by atoms with Gasteiger partial charge in [-0.05, 0) is 56.1 Å². The van der Waals surface area contributed by atoms with Gasteiger partial charge >= 0.3 is 5.97 Å². The van der Waals surface area contributed by atoms with Crippen LogP contribution in [0.5, 0.6) is 5.75 Å². The molecule has 7 nitrogen and oxygen atoms in total. The average Bonchev–Trinajstić information content (AvgIpc) is 3.11. The molecular formula is C26H24BrN3O4. The lowest BCUT2D eigenvalue weighted by atomic mass is 9.99. The highest BCUT2D eigenvalue weighted by molar-refractivity contribution is 9.10. The summed E-state index contributed by atoms with van der Waals surface area (Å²) in [6, 6.07) is 20.7. The van der Waals surface area contributed by atoms with E-state index < -0.39 is 12.6 Å². The number of carbonyl (C=O) groups is 2. The molecule has 1 aliphatic rings. The van der Waals surface area contributed by atoms with E-state index in [-0.39, 0.29) is 5.91 Å². The van der Waals surface area contributed by atoms with Gasteiger partial charge in [0.2, 0.25) is 0 Å². The predicted octanol–water partition coefficient (Wildman–Crippen LogP) is 4.91. The summed E-state index contributed by atoms with van der Waals surface area (Å²) in [5.74, 6) is -0.887. The summed E-state index contributed by atoms with van der Waals surface area (Å²) >= 11 is 3.45. The van der Waals surface area contributed by atoms with Gasteiger partial charge in [0, 0.05) is 27.8 Å². The number of fused-ring (bicyclic) bond motifs is 1. The van der Waals surface area contributed by atoms with Crippen molar-refractivity contribution in [1.29, 1.82) is 0 Å². The minimum Gasteiger partial charge on any atom is -0.482 e. The molecule has 0 fully saturated rings. The second-order valence-corrected chi connectivity index (χ2v) is 9.08. The molecule has 3 N–H and O–H groups in total. The average molecular weight is 522 g/mol. The van der Waals surface area contributed by atoms with E-state index in [1.54, 1.807) is 18.2 Å². The van der Waals surface area contributed by atoms with Crippen LogP contribution in [0.3, 0.4) is 0 Å². The Morgan fingerprint density at radius 1 is 1.09 bits per heavy atom. The molecule has 1 amide bonds. The van der Waals surface area contributed by atoms with Crippen LogP contribution in [0.2, 0.25) is 0 Å². The van der Waals surface area contributed by atoms with Gasteiger partial charge in [0.05, 0.1) is 17.0 Å². The Hall–Kier alpha value is -3.62.